The van der Waals surface area contributed by atoms with Crippen LogP contribution in [-0.2, 0) is 0 Å². The zero-order valence-electron chi connectivity index (χ0n) is 9.81. The van der Waals surface area contributed by atoms with E-state index >= 15 is 0 Å². The van der Waals surface area contributed by atoms with Gasteiger partial charge in [0.25, 0.3) is 0 Å². The van der Waals surface area contributed by atoms with Gasteiger partial charge < -0.3 is 5.32 Å². The summed E-state index contributed by atoms with van der Waals surface area (Å²) < 4.78 is 0. The lowest BCUT2D eigenvalue weighted by molar-refractivity contribution is 0.408. The van der Waals surface area contributed by atoms with Gasteiger partial charge in [0.2, 0.25) is 0 Å². The van der Waals surface area contributed by atoms with E-state index in [4.69, 9.17) is 0 Å². The van der Waals surface area contributed by atoms with Crippen molar-refractivity contribution in [3.63, 3.8) is 0 Å². The minimum atomic E-state index is 0.602. The average molecular weight is 195 g/mol. The smallest absolute Gasteiger partial charge is 0.0125 e. The van der Waals surface area contributed by atoms with Crippen LogP contribution in [0.5, 0.6) is 0 Å². The van der Waals surface area contributed by atoms with E-state index in [0.717, 1.165) is 12.0 Å². The van der Waals surface area contributed by atoms with E-state index in [1.807, 2.05) is 0 Å². The van der Waals surface area contributed by atoms with Gasteiger partial charge in [0, 0.05) is 6.04 Å². The highest BCUT2D eigenvalue weighted by molar-refractivity contribution is 5.01. The zero-order valence-corrected chi connectivity index (χ0v) is 9.81. The monoisotopic (exact) mass is 195 g/mol. The Labute approximate surface area is 88.7 Å². The average Bonchev–Trinajstić information content (AvgIpc) is 2.81. The lowest BCUT2D eigenvalue weighted by Crippen LogP contribution is -2.27. The van der Waals surface area contributed by atoms with Gasteiger partial charge in [-0.1, -0.05) is 39.5 Å². The molecule has 2 aliphatic carbocycles. The van der Waals surface area contributed by atoms with Crippen LogP contribution in [0.25, 0.3) is 0 Å². The Morgan fingerprint density at radius 2 is 1.64 bits per heavy atom. The molecule has 2 fully saturated rings. The van der Waals surface area contributed by atoms with Gasteiger partial charge in [-0.3, -0.25) is 0 Å². The third-order valence-electron chi connectivity index (χ3n) is 4.14. The highest BCUT2D eigenvalue weighted by Gasteiger charge is 2.45. The molecule has 0 aromatic heterocycles. The van der Waals surface area contributed by atoms with Crippen molar-refractivity contribution in [2.24, 2.45) is 11.3 Å². The lowest BCUT2D eigenvalue weighted by atomic mass is 10.0. The Kier molecular flexibility index (Phi) is 3.16. The van der Waals surface area contributed by atoms with Crippen LogP contribution in [0.2, 0.25) is 0 Å². The van der Waals surface area contributed by atoms with Crippen LogP contribution < -0.4 is 5.32 Å². The fourth-order valence-corrected chi connectivity index (χ4v) is 2.69. The molecule has 2 aliphatic rings. The highest BCUT2D eigenvalue weighted by Crippen LogP contribution is 2.44. The lowest BCUT2D eigenvalue weighted by Gasteiger charge is -2.15. The largest absolute Gasteiger partial charge is 0.313 e. The molecular weight excluding hydrogens is 170 g/mol. The Balaban J connectivity index is 1.65. The van der Waals surface area contributed by atoms with Crippen LogP contribution in [0.1, 0.15) is 58.8 Å². The Morgan fingerprint density at radius 1 is 1.07 bits per heavy atom. The first kappa shape index (κ1) is 10.5. The van der Waals surface area contributed by atoms with Gasteiger partial charge in [-0.05, 0) is 37.1 Å². The van der Waals surface area contributed by atoms with Gasteiger partial charge in [0.05, 0.1) is 0 Å². The van der Waals surface area contributed by atoms with Crippen LogP contribution in [0.3, 0.4) is 0 Å². The molecular formula is C13H25N. The molecule has 14 heavy (non-hydrogen) atoms. The van der Waals surface area contributed by atoms with Crippen LogP contribution in [0, 0.1) is 11.3 Å². The van der Waals surface area contributed by atoms with Crippen molar-refractivity contribution in [3.05, 3.63) is 0 Å². The van der Waals surface area contributed by atoms with E-state index < -0.39 is 0 Å². The maximum atomic E-state index is 3.74. The summed E-state index contributed by atoms with van der Waals surface area (Å²) in [5, 5.41) is 3.74. The van der Waals surface area contributed by atoms with Crippen molar-refractivity contribution in [1.82, 2.24) is 5.32 Å². The van der Waals surface area contributed by atoms with Crippen molar-refractivity contribution in [3.8, 4) is 0 Å². The number of nitrogens with one attached hydrogen (secondary N) is 1. The highest BCUT2D eigenvalue weighted by atomic mass is 15.0. The van der Waals surface area contributed by atoms with Crippen LogP contribution in [-0.4, -0.2) is 12.6 Å². The Bertz CT molecular complexity index is 178. The van der Waals surface area contributed by atoms with E-state index in [-0.39, 0.29) is 0 Å². The molecule has 0 amide bonds. The van der Waals surface area contributed by atoms with Crippen LogP contribution in [0.4, 0.5) is 0 Å². The molecule has 1 atom stereocenters. The summed E-state index contributed by atoms with van der Waals surface area (Å²) in [6.45, 7) is 6.03. The van der Waals surface area contributed by atoms with E-state index in [1.165, 1.54) is 51.5 Å². The third kappa shape index (κ3) is 2.73. The molecule has 2 saturated carbocycles. The molecule has 2 rings (SSSR count). The normalized spacial score (nSPS) is 32.6. The summed E-state index contributed by atoms with van der Waals surface area (Å²) in [4.78, 5) is 0. The van der Waals surface area contributed by atoms with Gasteiger partial charge >= 0.3 is 0 Å². The van der Waals surface area contributed by atoms with Crippen molar-refractivity contribution in [2.75, 3.05) is 6.54 Å². The molecule has 0 aromatic carbocycles. The van der Waals surface area contributed by atoms with Crippen LogP contribution >= 0.6 is 0 Å². The standard InChI is InChI=1S/C13H25N/c1-13(2)9-12(13)14-10-11-7-5-3-4-6-8-11/h11-12,14H,3-10H2,1-2H3. The second-order valence-corrected chi connectivity index (χ2v) is 6.01. The predicted molar refractivity (Wildman–Crippen MR) is 61.4 cm³/mol. The molecule has 0 radical (unpaired) electrons. The molecule has 1 unspecified atom stereocenters. The first-order chi connectivity index (χ1) is 6.68. The fourth-order valence-electron chi connectivity index (χ4n) is 2.69. The molecule has 1 nitrogen and oxygen atoms in total. The first-order valence-corrected chi connectivity index (χ1v) is 6.42. The quantitative estimate of drug-likeness (QED) is 0.681. The van der Waals surface area contributed by atoms with Crippen molar-refractivity contribution < 1.29 is 0 Å². The van der Waals surface area contributed by atoms with Crippen molar-refractivity contribution in [1.29, 1.82) is 0 Å². The zero-order chi connectivity index (χ0) is 10.0. The van der Waals surface area contributed by atoms with E-state index in [9.17, 15) is 0 Å². The van der Waals surface area contributed by atoms with Crippen LogP contribution in [0.15, 0.2) is 0 Å². The summed E-state index contributed by atoms with van der Waals surface area (Å²) in [5.41, 5.74) is 0.602. The fraction of sp³-hybridized carbons (Fsp3) is 1.00. The maximum absolute atomic E-state index is 3.74. The molecule has 1 N–H and O–H groups in total. The Morgan fingerprint density at radius 3 is 2.14 bits per heavy atom. The Hall–Kier alpha value is -0.0400. The summed E-state index contributed by atoms with van der Waals surface area (Å²) in [6.07, 6.45) is 10.2. The second kappa shape index (κ2) is 4.22. The van der Waals surface area contributed by atoms with E-state index in [1.54, 1.807) is 0 Å². The molecule has 1 heteroatoms. The van der Waals surface area contributed by atoms with E-state index in [2.05, 4.69) is 19.2 Å². The van der Waals surface area contributed by atoms with Gasteiger partial charge in [-0.15, -0.1) is 0 Å². The summed E-state index contributed by atoms with van der Waals surface area (Å²) in [6, 6.07) is 0.825. The summed E-state index contributed by atoms with van der Waals surface area (Å²) in [7, 11) is 0. The predicted octanol–water partition coefficient (Wildman–Crippen LogP) is 3.34. The number of hydrogen-bond donors (Lipinski definition) is 1. The van der Waals surface area contributed by atoms with Gasteiger partial charge in [-0.2, -0.15) is 0 Å². The van der Waals surface area contributed by atoms with Crippen molar-refractivity contribution >= 4 is 0 Å². The molecule has 0 aromatic rings. The maximum Gasteiger partial charge on any atom is 0.0125 e. The molecule has 0 heterocycles. The SMILES string of the molecule is CC1(C)CC1NCC1CCCCCC1. The first-order valence-electron chi connectivity index (χ1n) is 6.42. The molecule has 0 aliphatic heterocycles. The van der Waals surface area contributed by atoms with Gasteiger partial charge in [-0.25, -0.2) is 0 Å². The summed E-state index contributed by atoms with van der Waals surface area (Å²) >= 11 is 0. The minimum absolute atomic E-state index is 0.602. The van der Waals surface area contributed by atoms with Gasteiger partial charge in [0.15, 0.2) is 0 Å². The van der Waals surface area contributed by atoms with E-state index in [0.29, 0.717) is 5.41 Å². The topological polar surface area (TPSA) is 12.0 Å². The summed E-state index contributed by atoms with van der Waals surface area (Å²) in [5.74, 6) is 0.980. The second-order valence-electron chi connectivity index (χ2n) is 6.01. The molecule has 0 saturated heterocycles. The molecule has 0 bridgehead atoms. The van der Waals surface area contributed by atoms with Gasteiger partial charge in [0.1, 0.15) is 0 Å². The van der Waals surface area contributed by atoms with Crippen molar-refractivity contribution in [2.45, 2.75) is 64.8 Å². The minimum Gasteiger partial charge on any atom is -0.313 e. The molecule has 82 valence electrons. The molecule has 0 spiro atoms. The third-order valence-corrected chi connectivity index (χ3v) is 4.14. The number of hydrogen-bond acceptors (Lipinski definition) is 1. The number of rotatable bonds is 3.